The highest BCUT2D eigenvalue weighted by molar-refractivity contribution is 5.72. The molecule has 0 saturated heterocycles. The number of rotatable bonds is 2. The Morgan fingerprint density at radius 1 is 1.36 bits per heavy atom. The van der Waals surface area contributed by atoms with E-state index in [1.165, 1.54) is 16.9 Å². The maximum atomic E-state index is 3.46. The molecule has 0 radical (unpaired) electrons. The van der Waals surface area contributed by atoms with Gasteiger partial charge in [0.25, 0.3) is 0 Å². The quantitative estimate of drug-likeness (QED) is 0.770. The minimum atomic E-state index is 1.06. The highest BCUT2D eigenvalue weighted by atomic mass is 15.2. The number of fused-ring (bicyclic) bond motifs is 1. The van der Waals surface area contributed by atoms with E-state index in [9.17, 15) is 0 Å². The van der Waals surface area contributed by atoms with E-state index < -0.39 is 0 Å². The second-order valence-electron chi connectivity index (χ2n) is 3.71. The lowest BCUT2D eigenvalue weighted by atomic mass is 10.1. The molecule has 0 fully saturated rings. The zero-order chi connectivity index (χ0) is 9.97. The van der Waals surface area contributed by atoms with Crippen LogP contribution in [0.4, 0.5) is 11.4 Å². The summed E-state index contributed by atoms with van der Waals surface area (Å²) in [5.41, 5.74) is 4.07. The molecule has 0 atom stereocenters. The first-order valence-electron chi connectivity index (χ1n) is 5.47. The average molecular weight is 190 g/mol. The Bertz CT molecular complexity index is 320. The summed E-state index contributed by atoms with van der Waals surface area (Å²) in [4.78, 5) is 2.42. The monoisotopic (exact) mass is 190 g/mol. The first-order valence-corrected chi connectivity index (χ1v) is 5.47. The van der Waals surface area contributed by atoms with Crippen LogP contribution in [-0.2, 0) is 6.42 Å². The van der Waals surface area contributed by atoms with E-state index in [2.05, 4.69) is 42.3 Å². The van der Waals surface area contributed by atoms with Crippen LogP contribution in [0.3, 0.4) is 0 Å². The Morgan fingerprint density at radius 3 is 2.93 bits per heavy atom. The van der Waals surface area contributed by atoms with Crippen molar-refractivity contribution in [2.24, 2.45) is 0 Å². The lowest BCUT2D eigenvalue weighted by Gasteiger charge is -2.31. The van der Waals surface area contributed by atoms with Crippen LogP contribution >= 0.6 is 0 Å². The molecule has 1 N–H and O–H groups in total. The standard InChI is InChI=1S/C12H18N2/c1-3-10-5-6-12-11(9-10)13-7-8-14(12)4-2/h5-6,9,13H,3-4,7-8H2,1-2H3. The van der Waals surface area contributed by atoms with Crippen molar-refractivity contribution in [1.82, 2.24) is 0 Å². The van der Waals surface area contributed by atoms with E-state index in [4.69, 9.17) is 0 Å². The van der Waals surface area contributed by atoms with Crippen LogP contribution in [0, 0.1) is 0 Å². The molecule has 2 nitrogen and oxygen atoms in total. The van der Waals surface area contributed by atoms with Crippen LogP contribution < -0.4 is 10.2 Å². The van der Waals surface area contributed by atoms with Gasteiger partial charge in [-0.05, 0) is 31.0 Å². The Hall–Kier alpha value is -1.18. The van der Waals surface area contributed by atoms with Crippen molar-refractivity contribution < 1.29 is 0 Å². The summed E-state index contributed by atoms with van der Waals surface area (Å²) in [6, 6.07) is 6.75. The van der Waals surface area contributed by atoms with Crippen molar-refractivity contribution in [3.05, 3.63) is 23.8 Å². The van der Waals surface area contributed by atoms with Gasteiger partial charge in [-0.2, -0.15) is 0 Å². The Kier molecular flexibility index (Phi) is 2.62. The van der Waals surface area contributed by atoms with E-state index in [1.54, 1.807) is 0 Å². The fourth-order valence-electron chi connectivity index (χ4n) is 1.99. The molecule has 1 aliphatic heterocycles. The second kappa shape index (κ2) is 3.91. The van der Waals surface area contributed by atoms with Crippen LogP contribution in [-0.4, -0.2) is 19.6 Å². The molecule has 76 valence electrons. The number of anilines is 2. The summed E-state index contributed by atoms with van der Waals surface area (Å²) >= 11 is 0. The highest BCUT2D eigenvalue weighted by Gasteiger charge is 2.14. The van der Waals surface area contributed by atoms with Crippen molar-refractivity contribution in [2.75, 3.05) is 29.9 Å². The molecule has 2 heteroatoms. The minimum absolute atomic E-state index is 1.06. The predicted molar refractivity (Wildman–Crippen MR) is 62.2 cm³/mol. The number of likely N-dealkylation sites (N-methyl/N-ethyl adjacent to an activating group) is 1. The van der Waals surface area contributed by atoms with Crippen LogP contribution in [0.25, 0.3) is 0 Å². The molecule has 14 heavy (non-hydrogen) atoms. The van der Waals surface area contributed by atoms with Crippen LogP contribution in [0.15, 0.2) is 18.2 Å². The molecular weight excluding hydrogens is 172 g/mol. The summed E-state index contributed by atoms with van der Waals surface area (Å²) < 4.78 is 0. The van der Waals surface area contributed by atoms with Gasteiger partial charge in [0.15, 0.2) is 0 Å². The third-order valence-electron chi connectivity index (χ3n) is 2.89. The Labute approximate surface area is 85.9 Å². The van der Waals surface area contributed by atoms with Gasteiger partial charge < -0.3 is 10.2 Å². The van der Waals surface area contributed by atoms with Gasteiger partial charge in [-0.25, -0.2) is 0 Å². The van der Waals surface area contributed by atoms with Gasteiger partial charge in [0.1, 0.15) is 0 Å². The normalized spacial score (nSPS) is 14.9. The summed E-state index contributed by atoms with van der Waals surface area (Å²) in [6.45, 7) is 7.69. The molecule has 2 rings (SSSR count). The SMILES string of the molecule is CCc1ccc2c(c1)NCCN2CC. The van der Waals surface area contributed by atoms with E-state index >= 15 is 0 Å². The van der Waals surface area contributed by atoms with E-state index in [-0.39, 0.29) is 0 Å². The minimum Gasteiger partial charge on any atom is -0.382 e. The van der Waals surface area contributed by atoms with Gasteiger partial charge in [0.05, 0.1) is 11.4 Å². The van der Waals surface area contributed by atoms with Crippen molar-refractivity contribution in [2.45, 2.75) is 20.3 Å². The lowest BCUT2D eigenvalue weighted by molar-refractivity contribution is 0.814. The maximum absolute atomic E-state index is 3.46. The van der Waals surface area contributed by atoms with Gasteiger partial charge >= 0.3 is 0 Å². The molecule has 0 aliphatic carbocycles. The van der Waals surface area contributed by atoms with Crippen LogP contribution in [0.5, 0.6) is 0 Å². The summed E-state index contributed by atoms with van der Waals surface area (Å²) in [6.07, 6.45) is 1.11. The fraction of sp³-hybridized carbons (Fsp3) is 0.500. The molecule has 0 bridgehead atoms. The van der Waals surface area contributed by atoms with E-state index in [0.29, 0.717) is 0 Å². The molecule has 0 spiro atoms. The number of hydrogen-bond donors (Lipinski definition) is 1. The van der Waals surface area contributed by atoms with Crippen LogP contribution in [0.1, 0.15) is 19.4 Å². The first kappa shape index (κ1) is 9.38. The molecule has 0 unspecified atom stereocenters. The number of nitrogens with one attached hydrogen (secondary N) is 1. The van der Waals surface area contributed by atoms with E-state index in [1.807, 2.05) is 0 Å². The Balaban J connectivity index is 2.35. The largest absolute Gasteiger partial charge is 0.382 e. The van der Waals surface area contributed by atoms with Crippen molar-refractivity contribution in [3.8, 4) is 0 Å². The number of aryl methyl sites for hydroxylation is 1. The third kappa shape index (κ3) is 1.57. The zero-order valence-corrected chi connectivity index (χ0v) is 9.01. The molecule has 0 aromatic heterocycles. The van der Waals surface area contributed by atoms with Gasteiger partial charge in [-0.1, -0.05) is 13.0 Å². The summed E-state index contributed by atoms with van der Waals surface area (Å²) in [5.74, 6) is 0. The predicted octanol–water partition coefficient (Wildman–Crippen LogP) is 2.50. The van der Waals surface area contributed by atoms with Gasteiger partial charge in [0.2, 0.25) is 0 Å². The Morgan fingerprint density at radius 2 is 2.21 bits per heavy atom. The number of benzene rings is 1. The van der Waals surface area contributed by atoms with Crippen molar-refractivity contribution in [3.63, 3.8) is 0 Å². The molecule has 0 amide bonds. The number of nitrogens with zero attached hydrogens (tertiary/aromatic N) is 1. The summed E-state index contributed by atoms with van der Waals surface area (Å²) in [5, 5.41) is 3.46. The molecule has 1 aromatic carbocycles. The van der Waals surface area contributed by atoms with Crippen LogP contribution in [0.2, 0.25) is 0 Å². The van der Waals surface area contributed by atoms with Crippen molar-refractivity contribution in [1.29, 1.82) is 0 Å². The highest BCUT2D eigenvalue weighted by Crippen LogP contribution is 2.29. The molecule has 1 heterocycles. The smallest absolute Gasteiger partial charge is 0.0602 e. The third-order valence-corrected chi connectivity index (χ3v) is 2.89. The van der Waals surface area contributed by atoms with Gasteiger partial charge in [-0.15, -0.1) is 0 Å². The zero-order valence-electron chi connectivity index (χ0n) is 9.01. The van der Waals surface area contributed by atoms with Gasteiger partial charge in [-0.3, -0.25) is 0 Å². The molecule has 0 saturated carbocycles. The fourth-order valence-corrected chi connectivity index (χ4v) is 1.99. The molecule has 1 aromatic rings. The van der Waals surface area contributed by atoms with E-state index in [0.717, 1.165) is 26.1 Å². The average Bonchev–Trinajstić information content (AvgIpc) is 2.27. The second-order valence-corrected chi connectivity index (χ2v) is 3.71. The maximum Gasteiger partial charge on any atom is 0.0602 e. The first-order chi connectivity index (χ1) is 6.85. The van der Waals surface area contributed by atoms with Crippen molar-refractivity contribution >= 4 is 11.4 Å². The lowest BCUT2D eigenvalue weighted by Crippen LogP contribution is -2.33. The molecular formula is C12H18N2. The van der Waals surface area contributed by atoms with Gasteiger partial charge in [0, 0.05) is 19.6 Å². The molecule has 1 aliphatic rings. The summed E-state index contributed by atoms with van der Waals surface area (Å²) in [7, 11) is 0. The number of hydrogen-bond acceptors (Lipinski definition) is 2. The topological polar surface area (TPSA) is 15.3 Å².